The van der Waals surface area contributed by atoms with E-state index >= 15 is 0 Å². The van der Waals surface area contributed by atoms with Crippen molar-refractivity contribution in [3.63, 3.8) is 0 Å². The fourth-order valence-corrected chi connectivity index (χ4v) is 7.24. The van der Waals surface area contributed by atoms with Crippen molar-refractivity contribution in [1.29, 1.82) is 0 Å². The smallest absolute Gasteiger partial charge is 0.337 e. The number of hydrogen-bond donors (Lipinski definition) is 0. The van der Waals surface area contributed by atoms with Gasteiger partial charge in [0.15, 0.2) is 0 Å². The van der Waals surface area contributed by atoms with Gasteiger partial charge in [-0.1, -0.05) is 37.5 Å². The summed E-state index contributed by atoms with van der Waals surface area (Å²) >= 11 is 1.66. The Labute approximate surface area is 250 Å². The first-order chi connectivity index (χ1) is 20.2. The van der Waals surface area contributed by atoms with Crippen LogP contribution in [-0.4, -0.2) is 52.5 Å². The first-order valence-corrected chi connectivity index (χ1v) is 15.4. The third-order valence-corrected chi connectivity index (χ3v) is 9.52. The summed E-state index contributed by atoms with van der Waals surface area (Å²) in [5.41, 5.74) is 7.58. The lowest BCUT2D eigenvalue weighted by molar-refractivity contribution is -0.129. The SMILES string of the molecule is COC(=O)c1ccc2c(C3CCCCC3)c(-c3ccc4nc(-c5sc(C)nc5C)ccc4c3)n(CC(=O)N(C)C)c2c1. The molecule has 8 heteroatoms. The Morgan fingerprint density at radius 2 is 1.79 bits per heavy atom. The molecule has 0 atom stereocenters. The van der Waals surface area contributed by atoms with Crippen molar-refractivity contribution in [2.24, 2.45) is 0 Å². The first-order valence-electron chi connectivity index (χ1n) is 14.6. The van der Waals surface area contributed by atoms with Crippen LogP contribution in [-0.2, 0) is 16.1 Å². The molecule has 6 rings (SSSR count). The van der Waals surface area contributed by atoms with Crippen LogP contribution < -0.4 is 0 Å². The van der Waals surface area contributed by atoms with E-state index in [1.165, 1.54) is 31.9 Å². The highest BCUT2D eigenvalue weighted by atomic mass is 32.1. The van der Waals surface area contributed by atoms with Crippen LogP contribution in [0.3, 0.4) is 0 Å². The lowest BCUT2D eigenvalue weighted by Crippen LogP contribution is -2.26. The summed E-state index contributed by atoms with van der Waals surface area (Å²) in [5.74, 6) is -0.0119. The van der Waals surface area contributed by atoms with Gasteiger partial charge in [-0.2, -0.15) is 0 Å². The molecule has 2 aromatic carbocycles. The number of thiazole rings is 1. The summed E-state index contributed by atoms with van der Waals surface area (Å²) < 4.78 is 7.16. The van der Waals surface area contributed by atoms with Crippen LogP contribution in [0.2, 0.25) is 0 Å². The maximum Gasteiger partial charge on any atom is 0.337 e. The van der Waals surface area contributed by atoms with Crippen LogP contribution in [0.25, 0.3) is 43.6 Å². The van der Waals surface area contributed by atoms with Crippen molar-refractivity contribution in [3.05, 3.63) is 70.4 Å². The standard InChI is InChI=1S/C34H36N4O3S/c1-20-33(42-21(2)35-20)28-16-12-23-17-24(13-15-27(23)36-28)32-31(22-9-7-6-8-10-22)26-14-11-25(34(40)41-5)18-29(26)38(32)19-30(39)37(3)4/h11-18,22H,6-10,19H2,1-5H3. The van der Waals surface area contributed by atoms with Gasteiger partial charge in [0, 0.05) is 24.9 Å². The second-order valence-electron chi connectivity index (χ2n) is 11.4. The van der Waals surface area contributed by atoms with E-state index in [1.807, 2.05) is 32.0 Å². The van der Waals surface area contributed by atoms with Gasteiger partial charge in [-0.05, 0) is 74.1 Å². The summed E-state index contributed by atoms with van der Waals surface area (Å²) in [4.78, 5) is 38.1. The van der Waals surface area contributed by atoms with E-state index in [1.54, 1.807) is 30.3 Å². The second-order valence-corrected chi connectivity index (χ2v) is 12.6. The zero-order valence-electron chi connectivity index (χ0n) is 24.9. The van der Waals surface area contributed by atoms with Gasteiger partial charge in [-0.3, -0.25) is 4.79 Å². The normalized spacial score (nSPS) is 14.0. The molecule has 7 nitrogen and oxygen atoms in total. The molecule has 0 radical (unpaired) electrons. The maximum absolute atomic E-state index is 13.2. The number of carbonyl (C=O) groups excluding carboxylic acids is 2. The molecular formula is C34H36N4O3S. The number of rotatable bonds is 6. The Balaban J connectivity index is 1.57. The molecule has 42 heavy (non-hydrogen) atoms. The number of amides is 1. The van der Waals surface area contributed by atoms with Gasteiger partial charge in [-0.25, -0.2) is 14.8 Å². The van der Waals surface area contributed by atoms with Crippen molar-refractivity contribution in [2.45, 2.75) is 58.4 Å². The molecule has 0 bridgehead atoms. The van der Waals surface area contributed by atoms with Crippen molar-refractivity contribution in [1.82, 2.24) is 19.4 Å². The predicted octanol–water partition coefficient (Wildman–Crippen LogP) is 7.52. The average Bonchev–Trinajstić information content (AvgIpc) is 3.51. The number of aromatic nitrogens is 3. The van der Waals surface area contributed by atoms with Crippen LogP contribution in [0.1, 0.15) is 64.6 Å². The van der Waals surface area contributed by atoms with Crippen molar-refractivity contribution in [3.8, 4) is 21.8 Å². The Morgan fingerprint density at radius 3 is 2.48 bits per heavy atom. The Kier molecular flexibility index (Phi) is 7.58. The number of fused-ring (bicyclic) bond motifs is 2. The molecule has 0 saturated heterocycles. The Hall–Kier alpha value is -4.04. The lowest BCUT2D eigenvalue weighted by Gasteiger charge is -2.24. The molecule has 1 saturated carbocycles. The van der Waals surface area contributed by atoms with E-state index < -0.39 is 0 Å². The summed E-state index contributed by atoms with van der Waals surface area (Å²) in [6.45, 7) is 4.22. The third kappa shape index (κ3) is 5.09. The number of esters is 1. The zero-order chi connectivity index (χ0) is 29.5. The number of likely N-dealkylation sites (N-methyl/N-ethyl adjacent to an activating group) is 1. The monoisotopic (exact) mass is 580 g/mol. The summed E-state index contributed by atoms with van der Waals surface area (Å²) in [6, 6.07) is 16.4. The number of methoxy groups -OCH3 is 1. The van der Waals surface area contributed by atoms with E-state index in [9.17, 15) is 9.59 Å². The summed E-state index contributed by atoms with van der Waals surface area (Å²) in [6.07, 6.45) is 5.85. The van der Waals surface area contributed by atoms with E-state index in [2.05, 4.69) is 39.9 Å². The third-order valence-electron chi connectivity index (χ3n) is 8.43. The molecule has 0 spiro atoms. The van der Waals surface area contributed by atoms with Gasteiger partial charge in [0.1, 0.15) is 6.54 Å². The molecule has 216 valence electrons. The highest BCUT2D eigenvalue weighted by molar-refractivity contribution is 7.15. The second kappa shape index (κ2) is 11.3. The van der Waals surface area contributed by atoms with Gasteiger partial charge in [0.2, 0.25) is 5.91 Å². The summed E-state index contributed by atoms with van der Waals surface area (Å²) in [7, 11) is 4.95. The van der Waals surface area contributed by atoms with E-state index in [4.69, 9.17) is 9.72 Å². The number of pyridine rings is 1. The molecule has 0 unspecified atom stereocenters. The molecular weight excluding hydrogens is 544 g/mol. The van der Waals surface area contributed by atoms with Crippen LogP contribution in [0, 0.1) is 13.8 Å². The van der Waals surface area contributed by atoms with Gasteiger partial charge >= 0.3 is 5.97 Å². The predicted molar refractivity (Wildman–Crippen MR) is 169 cm³/mol. The molecule has 1 aliphatic rings. The number of aryl methyl sites for hydroxylation is 2. The van der Waals surface area contributed by atoms with Crippen LogP contribution >= 0.6 is 11.3 Å². The van der Waals surface area contributed by atoms with Gasteiger partial charge in [-0.15, -0.1) is 11.3 Å². The number of ether oxygens (including phenoxy) is 1. The van der Waals surface area contributed by atoms with E-state index in [0.717, 1.165) is 67.2 Å². The zero-order valence-corrected chi connectivity index (χ0v) is 25.7. The maximum atomic E-state index is 13.2. The van der Waals surface area contributed by atoms with E-state index in [-0.39, 0.29) is 18.4 Å². The molecule has 3 aromatic heterocycles. The molecule has 5 aromatic rings. The minimum absolute atomic E-state index is 0.00543. The van der Waals surface area contributed by atoms with Crippen LogP contribution in [0.5, 0.6) is 0 Å². The average molecular weight is 581 g/mol. The molecule has 1 amide bonds. The van der Waals surface area contributed by atoms with Gasteiger partial charge in [0.05, 0.1) is 50.7 Å². The number of benzene rings is 2. The van der Waals surface area contributed by atoms with Gasteiger partial charge in [0.25, 0.3) is 0 Å². The van der Waals surface area contributed by atoms with Crippen molar-refractivity contribution >= 4 is 45.0 Å². The minimum Gasteiger partial charge on any atom is -0.465 e. The topological polar surface area (TPSA) is 77.3 Å². The molecule has 3 heterocycles. The fraction of sp³-hybridized carbons (Fsp3) is 0.353. The number of nitrogens with zero attached hydrogens (tertiary/aromatic N) is 4. The Morgan fingerprint density at radius 1 is 1.00 bits per heavy atom. The summed E-state index contributed by atoms with van der Waals surface area (Å²) in [5, 5.41) is 3.17. The van der Waals surface area contributed by atoms with Crippen molar-refractivity contribution < 1.29 is 14.3 Å². The first kappa shape index (κ1) is 28.1. The fourth-order valence-electron chi connectivity index (χ4n) is 6.35. The highest BCUT2D eigenvalue weighted by Crippen LogP contribution is 2.45. The number of carbonyl (C=O) groups is 2. The quantitative estimate of drug-likeness (QED) is 0.194. The lowest BCUT2D eigenvalue weighted by atomic mass is 9.81. The van der Waals surface area contributed by atoms with Gasteiger partial charge < -0.3 is 14.2 Å². The molecule has 1 aliphatic carbocycles. The van der Waals surface area contributed by atoms with E-state index in [0.29, 0.717) is 11.5 Å². The minimum atomic E-state index is -0.386. The highest BCUT2D eigenvalue weighted by Gasteiger charge is 2.28. The molecule has 1 fully saturated rings. The molecule has 0 N–H and O–H groups in total. The Bertz CT molecular complexity index is 1830. The van der Waals surface area contributed by atoms with Crippen LogP contribution in [0.4, 0.5) is 0 Å². The molecule has 0 aliphatic heterocycles. The number of hydrogen-bond acceptors (Lipinski definition) is 6. The van der Waals surface area contributed by atoms with Crippen molar-refractivity contribution in [2.75, 3.05) is 21.2 Å². The van der Waals surface area contributed by atoms with Crippen LogP contribution in [0.15, 0.2) is 48.5 Å². The largest absolute Gasteiger partial charge is 0.465 e.